The lowest BCUT2D eigenvalue weighted by Crippen LogP contribution is -2.60. The summed E-state index contributed by atoms with van der Waals surface area (Å²) >= 11 is 12.3. The SMILES string of the molecule is C=CCC(CNC)(c1ccc(Cl)c(Cl)c1)C(NC(=O)O)C(C)(C)C. The van der Waals surface area contributed by atoms with Crippen LogP contribution in [-0.2, 0) is 5.41 Å². The van der Waals surface area contributed by atoms with E-state index in [0.717, 1.165) is 5.56 Å². The highest BCUT2D eigenvalue weighted by atomic mass is 35.5. The van der Waals surface area contributed by atoms with Gasteiger partial charge in [-0.05, 0) is 36.6 Å². The van der Waals surface area contributed by atoms with E-state index in [1.54, 1.807) is 6.07 Å². The van der Waals surface area contributed by atoms with Gasteiger partial charge < -0.3 is 15.7 Å². The van der Waals surface area contributed by atoms with E-state index in [9.17, 15) is 9.90 Å². The monoisotopic (exact) mass is 372 g/mol. The predicted molar refractivity (Wildman–Crippen MR) is 101 cm³/mol. The van der Waals surface area contributed by atoms with Crippen molar-refractivity contribution < 1.29 is 9.90 Å². The van der Waals surface area contributed by atoms with Crippen LogP contribution in [0.2, 0.25) is 10.0 Å². The van der Waals surface area contributed by atoms with Crippen molar-refractivity contribution in [2.24, 2.45) is 5.41 Å². The van der Waals surface area contributed by atoms with Crippen molar-refractivity contribution in [2.75, 3.05) is 13.6 Å². The third-order valence-electron chi connectivity index (χ3n) is 4.18. The molecular formula is C18H26Cl2N2O2. The van der Waals surface area contributed by atoms with Gasteiger partial charge in [0.1, 0.15) is 0 Å². The van der Waals surface area contributed by atoms with Gasteiger partial charge in [-0.3, -0.25) is 0 Å². The molecule has 1 amide bonds. The lowest BCUT2D eigenvalue weighted by atomic mass is 9.63. The molecule has 0 aliphatic carbocycles. The Labute approximate surface area is 154 Å². The molecule has 0 heterocycles. The van der Waals surface area contributed by atoms with Gasteiger partial charge in [-0.2, -0.15) is 0 Å². The van der Waals surface area contributed by atoms with Crippen molar-refractivity contribution >= 4 is 29.3 Å². The van der Waals surface area contributed by atoms with Crippen molar-refractivity contribution in [3.05, 3.63) is 46.5 Å². The maximum absolute atomic E-state index is 11.5. The lowest BCUT2D eigenvalue weighted by molar-refractivity contribution is 0.135. The standard InChI is InChI=1S/C18H26Cl2N2O2/c1-6-9-18(11-21-5,12-7-8-13(19)14(20)10-12)15(17(2,3)4)22-16(23)24/h6-8,10,15,21-22H,1,9,11H2,2-5H3,(H,23,24). The maximum atomic E-state index is 11.5. The molecule has 4 nitrogen and oxygen atoms in total. The molecule has 0 bridgehead atoms. The Morgan fingerprint density at radius 2 is 1.96 bits per heavy atom. The number of carboxylic acid groups (broad SMARTS) is 1. The van der Waals surface area contributed by atoms with Gasteiger partial charge in [0.05, 0.1) is 10.0 Å². The van der Waals surface area contributed by atoms with Crippen LogP contribution in [-0.4, -0.2) is 30.8 Å². The zero-order valence-corrected chi connectivity index (χ0v) is 16.1. The predicted octanol–water partition coefficient (Wildman–Crippen LogP) is 4.71. The third-order valence-corrected chi connectivity index (χ3v) is 4.92. The van der Waals surface area contributed by atoms with E-state index in [2.05, 4.69) is 17.2 Å². The van der Waals surface area contributed by atoms with Crippen molar-refractivity contribution in [1.82, 2.24) is 10.6 Å². The van der Waals surface area contributed by atoms with Crippen LogP contribution in [0, 0.1) is 5.41 Å². The first-order valence-electron chi connectivity index (χ1n) is 7.79. The van der Waals surface area contributed by atoms with Gasteiger partial charge in [-0.25, -0.2) is 4.79 Å². The molecule has 6 heteroatoms. The number of benzene rings is 1. The minimum atomic E-state index is -1.06. The van der Waals surface area contributed by atoms with Crippen LogP contribution in [0.15, 0.2) is 30.9 Å². The fraction of sp³-hybridized carbons (Fsp3) is 0.500. The van der Waals surface area contributed by atoms with E-state index in [4.69, 9.17) is 23.2 Å². The summed E-state index contributed by atoms with van der Waals surface area (Å²) in [6.07, 6.45) is 1.33. The molecule has 0 spiro atoms. The summed E-state index contributed by atoms with van der Waals surface area (Å²) in [7, 11) is 1.84. The summed E-state index contributed by atoms with van der Waals surface area (Å²) in [5, 5.41) is 16.2. The molecule has 1 aromatic carbocycles. The van der Waals surface area contributed by atoms with E-state index in [1.165, 1.54) is 0 Å². The second-order valence-electron chi connectivity index (χ2n) is 7.06. The van der Waals surface area contributed by atoms with E-state index >= 15 is 0 Å². The number of allylic oxidation sites excluding steroid dienone is 1. The zero-order chi connectivity index (χ0) is 18.5. The van der Waals surface area contributed by atoms with Crippen LogP contribution in [0.5, 0.6) is 0 Å². The van der Waals surface area contributed by atoms with Gasteiger partial charge in [-0.1, -0.05) is 56.1 Å². The van der Waals surface area contributed by atoms with Crippen LogP contribution in [0.25, 0.3) is 0 Å². The van der Waals surface area contributed by atoms with Crippen molar-refractivity contribution in [2.45, 2.75) is 38.6 Å². The molecule has 0 fully saturated rings. The molecule has 134 valence electrons. The first-order chi connectivity index (χ1) is 11.1. The second kappa shape index (κ2) is 8.24. The summed E-state index contributed by atoms with van der Waals surface area (Å²) in [6.45, 7) is 10.5. The van der Waals surface area contributed by atoms with Crippen molar-refractivity contribution in [1.29, 1.82) is 0 Å². The molecule has 0 radical (unpaired) electrons. The summed E-state index contributed by atoms with van der Waals surface area (Å²) < 4.78 is 0. The molecule has 1 rings (SSSR count). The average molecular weight is 373 g/mol. The molecule has 2 unspecified atom stereocenters. The Kier molecular flexibility index (Phi) is 7.14. The molecule has 0 aromatic heterocycles. The van der Waals surface area contributed by atoms with Crippen LogP contribution in [0.4, 0.5) is 4.79 Å². The Morgan fingerprint density at radius 3 is 2.38 bits per heavy atom. The molecule has 0 aliphatic rings. The summed E-state index contributed by atoms with van der Waals surface area (Å²) in [5.74, 6) is 0. The summed E-state index contributed by atoms with van der Waals surface area (Å²) in [4.78, 5) is 11.5. The minimum Gasteiger partial charge on any atom is -0.465 e. The molecular weight excluding hydrogens is 347 g/mol. The number of hydrogen-bond donors (Lipinski definition) is 3. The van der Waals surface area contributed by atoms with Gasteiger partial charge in [0.25, 0.3) is 0 Å². The van der Waals surface area contributed by atoms with Crippen LogP contribution in [0.1, 0.15) is 32.8 Å². The van der Waals surface area contributed by atoms with E-state index in [0.29, 0.717) is 23.0 Å². The van der Waals surface area contributed by atoms with Gasteiger partial charge >= 0.3 is 6.09 Å². The molecule has 2 atom stereocenters. The fourth-order valence-electron chi connectivity index (χ4n) is 3.36. The van der Waals surface area contributed by atoms with Crippen LogP contribution < -0.4 is 10.6 Å². The third kappa shape index (κ3) is 4.65. The molecule has 1 aromatic rings. The van der Waals surface area contributed by atoms with E-state index < -0.39 is 11.5 Å². The smallest absolute Gasteiger partial charge is 0.404 e. The first kappa shape index (κ1) is 20.8. The van der Waals surface area contributed by atoms with Gasteiger partial charge in [0.2, 0.25) is 0 Å². The van der Waals surface area contributed by atoms with Gasteiger partial charge in [-0.15, -0.1) is 6.58 Å². The topological polar surface area (TPSA) is 61.4 Å². The number of halogens is 2. The number of rotatable bonds is 7. The number of nitrogens with one attached hydrogen (secondary N) is 2. The molecule has 0 saturated heterocycles. The summed E-state index contributed by atoms with van der Waals surface area (Å²) in [6, 6.07) is 5.09. The summed E-state index contributed by atoms with van der Waals surface area (Å²) in [5.41, 5.74) is 0.0333. The quantitative estimate of drug-likeness (QED) is 0.607. The Morgan fingerprint density at radius 1 is 1.33 bits per heavy atom. The second-order valence-corrected chi connectivity index (χ2v) is 7.87. The highest BCUT2D eigenvalue weighted by Crippen LogP contribution is 2.41. The number of likely N-dealkylation sites (N-methyl/N-ethyl adjacent to an activating group) is 1. The largest absolute Gasteiger partial charge is 0.465 e. The minimum absolute atomic E-state index is 0.329. The van der Waals surface area contributed by atoms with Crippen molar-refractivity contribution in [3.8, 4) is 0 Å². The Balaban J connectivity index is 3.63. The first-order valence-corrected chi connectivity index (χ1v) is 8.54. The molecule has 24 heavy (non-hydrogen) atoms. The average Bonchev–Trinajstić information content (AvgIpc) is 2.46. The highest BCUT2D eigenvalue weighted by Gasteiger charge is 2.46. The van der Waals surface area contributed by atoms with Crippen LogP contribution in [0.3, 0.4) is 0 Å². The fourth-order valence-corrected chi connectivity index (χ4v) is 3.66. The number of amides is 1. The van der Waals surface area contributed by atoms with Crippen molar-refractivity contribution in [3.63, 3.8) is 0 Å². The molecule has 0 aliphatic heterocycles. The Hall–Kier alpha value is -1.23. The van der Waals surface area contributed by atoms with Crippen LogP contribution >= 0.6 is 23.2 Å². The zero-order valence-electron chi connectivity index (χ0n) is 14.6. The normalized spacial score (nSPS) is 15.4. The number of carbonyl (C=O) groups is 1. The lowest BCUT2D eigenvalue weighted by Gasteiger charge is -2.47. The van der Waals surface area contributed by atoms with E-state index in [-0.39, 0.29) is 11.5 Å². The molecule has 0 saturated carbocycles. The Bertz CT molecular complexity index is 599. The maximum Gasteiger partial charge on any atom is 0.404 e. The van der Waals surface area contributed by atoms with Gasteiger partial charge in [0, 0.05) is 18.0 Å². The van der Waals surface area contributed by atoms with Gasteiger partial charge in [0.15, 0.2) is 0 Å². The van der Waals surface area contributed by atoms with E-state index in [1.807, 2.05) is 46.0 Å². The number of hydrogen-bond acceptors (Lipinski definition) is 2. The highest BCUT2D eigenvalue weighted by molar-refractivity contribution is 6.42. The molecule has 3 N–H and O–H groups in total.